The van der Waals surface area contributed by atoms with Crippen molar-refractivity contribution < 1.29 is 9.59 Å². The average molecular weight is 302 g/mol. The number of nitrogens with one attached hydrogen (secondary N) is 1. The van der Waals surface area contributed by atoms with E-state index in [2.05, 4.69) is 15.5 Å². The molecular formula is C14H14N4O2S. The molecule has 2 amide bonds. The summed E-state index contributed by atoms with van der Waals surface area (Å²) in [5.74, 6) is -0.102. The monoisotopic (exact) mass is 302 g/mol. The summed E-state index contributed by atoms with van der Waals surface area (Å²) in [4.78, 5) is 25.8. The molecular weight excluding hydrogens is 288 g/mol. The lowest BCUT2D eigenvalue weighted by molar-refractivity contribution is -0.118. The van der Waals surface area contributed by atoms with E-state index in [0.717, 1.165) is 17.7 Å². The number of rotatable bonds is 3. The fourth-order valence-electron chi connectivity index (χ4n) is 2.39. The van der Waals surface area contributed by atoms with Gasteiger partial charge in [-0.2, -0.15) is 0 Å². The summed E-state index contributed by atoms with van der Waals surface area (Å²) in [6, 6.07) is 5.41. The van der Waals surface area contributed by atoms with Crippen LogP contribution in [0.2, 0.25) is 0 Å². The second kappa shape index (κ2) is 5.61. The Hall–Kier alpha value is -2.28. The van der Waals surface area contributed by atoms with E-state index in [9.17, 15) is 9.59 Å². The van der Waals surface area contributed by atoms with E-state index < -0.39 is 0 Å². The zero-order chi connectivity index (χ0) is 14.8. The van der Waals surface area contributed by atoms with E-state index in [-0.39, 0.29) is 11.8 Å². The average Bonchev–Trinajstić information content (AvgIpc) is 3.14. The number of hydrogen-bond acceptors (Lipinski definition) is 5. The molecule has 6 nitrogen and oxygen atoms in total. The third-order valence-corrected chi connectivity index (χ3v) is 4.03. The Balaban J connectivity index is 1.81. The van der Waals surface area contributed by atoms with E-state index in [1.807, 2.05) is 19.1 Å². The second-order valence-corrected chi connectivity index (χ2v) is 5.52. The molecule has 0 spiro atoms. The van der Waals surface area contributed by atoms with Crippen LogP contribution in [-0.2, 0) is 11.2 Å². The lowest BCUT2D eigenvalue weighted by Crippen LogP contribution is -2.27. The predicted molar refractivity (Wildman–Crippen MR) is 80.7 cm³/mol. The highest BCUT2D eigenvalue weighted by Gasteiger charge is 2.24. The van der Waals surface area contributed by atoms with Crippen molar-refractivity contribution in [2.24, 2.45) is 0 Å². The summed E-state index contributed by atoms with van der Waals surface area (Å²) >= 11 is 1.27. The summed E-state index contributed by atoms with van der Waals surface area (Å²) in [5.41, 5.74) is 4.07. The molecule has 0 fully saturated rings. The summed E-state index contributed by atoms with van der Waals surface area (Å²) < 4.78 is 0. The third kappa shape index (κ3) is 2.64. The number of benzene rings is 1. The molecule has 0 aliphatic carbocycles. The van der Waals surface area contributed by atoms with Crippen LogP contribution < -0.4 is 10.2 Å². The first kappa shape index (κ1) is 13.7. The van der Waals surface area contributed by atoms with Crippen molar-refractivity contribution in [2.75, 3.05) is 16.8 Å². The Kier molecular flexibility index (Phi) is 3.66. The smallest absolute Gasteiger partial charge is 0.257 e. The van der Waals surface area contributed by atoms with Gasteiger partial charge in [-0.05, 0) is 30.2 Å². The minimum absolute atomic E-state index is 0.111. The Labute approximate surface area is 125 Å². The number of anilines is 2. The molecule has 21 heavy (non-hydrogen) atoms. The topological polar surface area (TPSA) is 75.2 Å². The molecule has 0 saturated heterocycles. The summed E-state index contributed by atoms with van der Waals surface area (Å²) in [7, 11) is 0. The zero-order valence-electron chi connectivity index (χ0n) is 11.5. The van der Waals surface area contributed by atoms with Gasteiger partial charge in [0.1, 0.15) is 5.51 Å². The highest BCUT2D eigenvalue weighted by molar-refractivity contribution is 7.13. The minimum atomic E-state index is -0.213. The normalized spacial score (nSPS) is 13.1. The van der Waals surface area contributed by atoms with Crippen LogP contribution in [0.3, 0.4) is 0 Å². The van der Waals surface area contributed by atoms with E-state index in [0.29, 0.717) is 23.7 Å². The Morgan fingerprint density at radius 1 is 1.43 bits per heavy atom. The van der Waals surface area contributed by atoms with Crippen LogP contribution in [0.5, 0.6) is 0 Å². The van der Waals surface area contributed by atoms with Crippen LogP contribution >= 0.6 is 11.3 Å². The van der Waals surface area contributed by atoms with Gasteiger partial charge in [0.2, 0.25) is 11.0 Å². The number of amides is 2. The first-order valence-corrected chi connectivity index (χ1v) is 7.58. The minimum Gasteiger partial charge on any atom is -0.312 e. The fourth-order valence-corrected chi connectivity index (χ4v) is 2.83. The van der Waals surface area contributed by atoms with Crippen LogP contribution in [0.25, 0.3) is 0 Å². The number of nitrogens with zero attached hydrogens (tertiary/aromatic N) is 3. The molecule has 7 heteroatoms. The molecule has 1 aromatic carbocycles. The highest BCUT2D eigenvalue weighted by atomic mass is 32.1. The molecule has 108 valence electrons. The van der Waals surface area contributed by atoms with Gasteiger partial charge in [0.25, 0.3) is 5.91 Å². The first-order valence-electron chi connectivity index (χ1n) is 6.70. The largest absolute Gasteiger partial charge is 0.312 e. The second-order valence-electron chi connectivity index (χ2n) is 4.69. The molecule has 2 heterocycles. The quantitative estimate of drug-likeness (QED) is 0.942. The van der Waals surface area contributed by atoms with Gasteiger partial charge in [0.05, 0.1) is 0 Å². The van der Waals surface area contributed by atoms with Gasteiger partial charge in [0.15, 0.2) is 0 Å². The zero-order valence-corrected chi connectivity index (χ0v) is 12.3. The van der Waals surface area contributed by atoms with Crippen LogP contribution in [0.15, 0.2) is 23.7 Å². The van der Waals surface area contributed by atoms with E-state index >= 15 is 0 Å². The van der Waals surface area contributed by atoms with E-state index in [1.165, 1.54) is 11.3 Å². The molecule has 0 saturated carbocycles. The summed E-state index contributed by atoms with van der Waals surface area (Å²) in [5, 5.41) is 10.6. The van der Waals surface area contributed by atoms with Crippen LogP contribution in [-0.4, -0.2) is 28.6 Å². The molecule has 0 radical (unpaired) electrons. The number of fused-ring (bicyclic) bond motifs is 1. The molecule has 1 aliphatic rings. The number of carbonyl (C=O) groups excluding carboxylic acids is 2. The van der Waals surface area contributed by atoms with Gasteiger partial charge in [-0.1, -0.05) is 18.3 Å². The molecule has 0 bridgehead atoms. The maximum atomic E-state index is 12.1. The van der Waals surface area contributed by atoms with Crippen LogP contribution in [0.4, 0.5) is 10.8 Å². The van der Waals surface area contributed by atoms with E-state index in [4.69, 9.17) is 0 Å². The summed E-state index contributed by atoms with van der Waals surface area (Å²) in [6.45, 7) is 2.54. The third-order valence-electron chi connectivity index (χ3n) is 3.42. The van der Waals surface area contributed by atoms with Gasteiger partial charge in [0, 0.05) is 24.2 Å². The van der Waals surface area contributed by atoms with Crippen molar-refractivity contribution in [1.29, 1.82) is 0 Å². The molecule has 1 aromatic heterocycles. The number of aromatic nitrogens is 2. The molecule has 0 atom stereocenters. The lowest BCUT2D eigenvalue weighted by Gasteiger charge is -2.16. The van der Waals surface area contributed by atoms with Gasteiger partial charge in [-0.15, -0.1) is 10.2 Å². The maximum Gasteiger partial charge on any atom is 0.257 e. The Morgan fingerprint density at radius 3 is 3.00 bits per heavy atom. The molecule has 2 aromatic rings. The molecule has 1 N–H and O–H groups in total. The highest BCUT2D eigenvalue weighted by Crippen LogP contribution is 2.29. The van der Waals surface area contributed by atoms with Crippen molar-refractivity contribution >= 4 is 34.0 Å². The Bertz CT molecular complexity index is 684. The van der Waals surface area contributed by atoms with Gasteiger partial charge in [-0.3, -0.25) is 14.9 Å². The fraction of sp³-hybridized carbons (Fsp3) is 0.286. The van der Waals surface area contributed by atoms with Crippen molar-refractivity contribution in [1.82, 2.24) is 10.2 Å². The van der Waals surface area contributed by atoms with Crippen molar-refractivity contribution in [3.05, 3.63) is 34.8 Å². The standard InChI is InChI=1S/C14H14N4O2S/c1-2-12(19)18-6-5-9-7-10(3-4-11(9)18)13(20)16-14-17-15-8-21-14/h3-4,7-8H,2,5-6H2,1H3,(H,16,17,20). The first-order chi connectivity index (χ1) is 10.2. The van der Waals surface area contributed by atoms with Gasteiger partial charge < -0.3 is 4.90 Å². The van der Waals surface area contributed by atoms with E-state index in [1.54, 1.807) is 16.5 Å². The van der Waals surface area contributed by atoms with Gasteiger partial charge in [-0.25, -0.2) is 0 Å². The van der Waals surface area contributed by atoms with Crippen molar-refractivity contribution in [3.63, 3.8) is 0 Å². The SMILES string of the molecule is CCC(=O)N1CCc2cc(C(=O)Nc3nncs3)ccc21. The Morgan fingerprint density at radius 2 is 2.29 bits per heavy atom. The predicted octanol–water partition coefficient (Wildman–Crippen LogP) is 2.09. The summed E-state index contributed by atoms with van der Waals surface area (Å²) in [6.07, 6.45) is 1.26. The molecule has 0 unspecified atom stereocenters. The van der Waals surface area contributed by atoms with Crippen LogP contribution in [0, 0.1) is 0 Å². The lowest BCUT2D eigenvalue weighted by atomic mass is 10.1. The number of carbonyl (C=O) groups is 2. The molecule has 1 aliphatic heterocycles. The number of hydrogen-bond donors (Lipinski definition) is 1. The van der Waals surface area contributed by atoms with Crippen molar-refractivity contribution in [3.8, 4) is 0 Å². The van der Waals surface area contributed by atoms with Crippen LogP contribution in [0.1, 0.15) is 29.3 Å². The van der Waals surface area contributed by atoms with Crippen molar-refractivity contribution in [2.45, 2.75) is 19.8 Å². The molecule has 3 rings (SSSR count). The maximum absolute atomic E-state index is 12.1. The van der Waals surface area contributed by atoms with Gasteiger partial charge >= 0.3 is 0 Å².